The molecular weight excluding hydrogens is 270 g/mol. The lowest BCUT2D eigenvalue weighted by atomic mass is 10.2. The zero-order valence-corrected chi connectivity index (χ0v) is 13.2. The van der Waals surface area contributed by atoms with E-state index in [0.29, 0.717) is 11.4 Å². The maximum atomic E-state index is 12.3. The van der Waals surface area contributed by atoms with E-state index in [1.54, 1.807) is 27.3 Å². The van der Waals surface area contributed by atoms with Crippen LogP contribution in [0.25, 0.3) is 0 Å². The molecule has 116 valence electrons. The summed E-state index contributed by atoms with van der Waals surface area (Å²) in [5.41, 5.74) is 1.55. The SMILES string of the molecule is CNC(=O)C[C@@H](C)N(C)C(=O)Nc1c(C)cccc1OC. The molecule has 1 aromatic carbocycles. The van der Waals surface area contributed by atoms with Crippen LogP contribution in [-0.2, 0) is 4.79 Å². The molecule has 0 aliphatic heterocycles. The van der Waals surface area contributed by atoms with Gasteiger partial charge >= 0.3 is 6.03 Å². The van der Waals surface area contributed by atoms with E-state index in [1.165, 1.54) is 4.90 Å². The van der Waals surface area contributed by atoms with E-state index in [4.69, 9.17) is 4.74 Å². The van der Waals surface area contributed by atoms with Gasteiger partial charge in [0.25, 0.3) is 0 Å². The van der Waals surface area contributed by atoms with Crippen LogP contribution in [0.4, 0.5) is 10.5 Å². The van der Waals surface area contributed by atoms with Gasteiger partial charge in [-0.2, -0.15) is 0 Å². The largest absolute Gasteiger partial charge is 0.495 e. The molecule has 6 nitrogen and oxygen atoms in total. The van der Waals surface area contributed by atoms with Crippen molar-refractivity contribution in [3.8, 4) is 5.75 Å². The smallest absolute Gasteiger partial charge is 0.321 e. The molecule has 0 unspecified atom stereocenters. The molecule has 0 aliphatic carbocycles. The third-order valence-electron chi connectivity index (χ3n) is 3.43. The number of anilines is 1. The molecule has 1 atom stereocenters. The first-order valence-electron chi connectivity index (χ1n) is 6.78. The van der Waals surface area contributed by atoms with Crippen LogP contribution in [-0.4, -0.2) is 44.1 Å². The second kappa shape index (κ2) is 7.52. The van der Waals surface area contributed by atoms with Gasteiger partial charge < -0.3 is 20.3 Å². The van der Waals surface area contributed by atoms with Crippen molar-refractivity contribution in [2.45, 2.75) is 26.3 Å². The lowest BCUT2D eigenvalue weighted by Gasteiger charge is -2.25. The number of benzene rings is 1. The van der Waals surface area contributed by atoms with Crippen molar-refractivity contribution in [2.75, 3.05) is 26.5 Å². The van der Waals surface area contributed by atoms with Gasteiger partial charge in [0.1, 0.15) is 5.75 Å². The van der Waals surface area contributed by atoms with Gasteiger partial charge in [-0.1, -0.05) is 12.1 Å². The van der Waals surface area contributed by atoms with E-state index >= 15 is 0 Å². The summed E-state index contributed by atoms with van der Waals surface area (Å²) in [7, 11) is 4.80. The number of aryl methyl sites for hydroxylation is 1. The second-order valence-electron chi connectivity index (χ2n) is 4.92. The highest BCUT2D eigenvalue weighted by Gasteiger charge is 2.19. The van der Waals surface area contributed by atoms with Crippen molar-refractivity contribution in [3.05, 3.63) is 23.8 Å². The van der Waals surface area contributed by atoms with Gasteiger partial charge in [-0.05, 0) is 25.5 Å². The number of rotatable bonds is 5. The minimum atomic E-state index is -0.279. The highest BCUT2D eigenvalue weighted by Crippen LogP contribution is 2.27. The zero-order valence-electron chi connectivity index (χ0n) is 13.2. The summed E-state index contributed by atoms with van der Waals surface area (Å²) in [5, 5.41) is 5.38. The summed E-state index contributed by atoms with van der Waals surface area (Å²) in [5.74, 6) is 0.506. The fourth-order valence-electron chi connectivity index (χ4n) is 1.87. The molecule has 0 saturated heterocycles. The Bertz CT molecular complexity index is 517. The minimum Gasteiger partial charge on any atom is -0.495 e. The second-order valence-corrected chi connectivity index (χ2v) is 4.92. The average molecular weight is 293 g/mol. The lowest BCUT2D eigenvalue weighted by Crippen LogP contribution is -2.40. The number of carbonyl (C=O) groups is 2. The van der Waals surface area contributed by atoms with Crippen molar-refractivity contribution in [1.82, 2.24) is 10.2 Å². The van der Waals surface area contributed by atoms with Crippen molar-refractivity contribution < 1.29 is 14.3 Å². The van der Waals surface area contributed by atoms with Crippen LogP contribution < -0.4 is 15.4 Å². The Labute approximate surface area is 125 Å². The average Bonchev–Trinajstić information content (AvgIpc) is 2.47. The quantitative estimate of drug-likeness (QED) is 0.872. The first kappa shape index (κ1) is 16.8. The molecule has 2 N–H and O–H groups in total. The molecule has 0 saturated carbocycles. The number of methoxy groups -OCH3 is 1. The van der Waals surface area contributed by atoms with Gasteiger partial charge in [0.05, 0.1) is 12.8 Å². The van der Waals surface area contributed by atoms with Crippen LogP contribution in [0.5, 0.6) is 5.75 Å². The molecule has 0 radical (unpaired) electrons. The predicted octanol–water partition coefficient (Wildman–Crippen LogP) is 1.99. The number of nitrogens with zero attached hydrogens (tertiary/aromatic N) is 1. The highest BCUT2D eigenvalue weighted by molar-refractivity contribution is 5.92. The first-order valence-corrected chi connectivity index (χ1v) is 6.78. The third-order valence-corrected chi connectivity index (χ3v) is 3.43. The Morgan fingerprint density at radius 3 is 2.62 bits per heavy atom. The number of amides is 3. The number of nitrogens with one attached hydrogen (secondary N) is 2. The Morgan fingerprint density at radius 1 is 1.38 bits per heavy atom. The summed E-state index contributed by atoms with van der Waals surface area (Å²) in [6.45, 7) is 3.72. The molecule has 0 aliphatic rings. The molecule has 6 heteroatoms. The van der Waals surface area contributed by atoms with E-state index in [1.807, 2.05) is 26.0 Å². The number of urea groups is 1. The molecule has 1 rings (SSSR count). The monoisotopic (exact) mass is 293 g/mol. The van der Waals surface area contributed by atoms with Gasteiger partial charge in [-0.3, -0.25) is 4.79 Å². The maximum Gasteiger partial charge on any atom is 0.321 e. The summed E-state index contributed by atoms with van der Waals surface area (Å²) < 4.78 is 5.25. The maximum absolute atomic E-state index is 12.3. The van der Waals surface area contributed by atoms with Crippen molar-refractivity contribution in [1.29, 1.82) is 0 Å². The summed E-state index contributed by atoms with van der Waals surface area (Å²) in [6.07, 6.45) is 0.255. The van der Waals surface area contributed by atoms with Crippen LogP contribution >= 0.6 is 0 Å². The number of hydrogen-bond donors (Lipinski definition) is 2. The Balaban J connectivity index is 2.79. The van der Waals surface area contributed by atoms with E-state index in [9.17, 15) is 9.59 Å². The van der Waals surface area contributed by atoms with Gasteiger partial charge in [0, 0.05) is 26.6 Å². The topological polar surface area (TPSA) is 70.7 Å². The van der Waals surface area contributed by atoms with E-state index in [2.05, 4.69) is 10.6 Å². The number of para-hydroxylation sites is 1. The summed E-state index contributed by atoms with van der Waals surface area (Å²) in [4.78, 5) is 25.1. The molecule has 0 fully saturated rings. The fraction of sp³-hybridized carbons (Fsp3) is 0.467. The normalized spacial score (nSPS) is 11.5. The van der Waals surface area contributed by atoms with Crippen LogP contribution in [0.3, 0.4) is 0 Å². The lowest BCUT2D eigenvalue weighted by molar-refractivity contribution is -0.121. The number of ether oxygens (including phenoxy) is 1. The third kappa shape index (κ3) is 4.37. The Hall–Kier alpha value is -2.24. The molecule has 0 spiro atoms. The Morgan fingerprint density at radius 2 is 2.05 bits per heavy atom. The molecule has 21 heavy (non-hydrogen) atoms. The molecule has 0 aromatic heterocycles. The van der Waals surface area contributed by atoms with Crippen LogP contribution in [0.1, 0.15) is 18.9 Å². The van der Waals surface area contributed by atoms with Gasteiger partial charge in [-0.25, -0.2) is 4.79 Å². The molecule has 0 heterocycles. The summed E-state index contributed by atoms with van der Waals surface area (Å²) in [6, 6.07) is 5.06. The standard InChI is InChI=1S/C15H23N3O3/c1-10-7-6-8-12(21-5)14(10)17-15(20)18(4)11(2)9-13(19)16-3/h6-8,11H,9H2,1-5H3,(H,16,19)(H,17,20)/t11-/m1/s1. The molecular formula is C15H23N3O3. The van der Waals surface area contributed by atoms with Crippen molar-refractivity contribution in [3.63, 3.8) is 0 Å². The van der Waals surface area contributed by atoms with Crippen LogP contribution in [0.2, 0.25) is 0 Å². The van der Waals surface area contributed by atoms with Gasteiger partial charge in [0.15, 0.2) is 0 Å². The van der Waals surface area contributed by atoms with E-state index < -0.39 is 0 Å². The number of carbonyl (C=O) groups excluding carboxylic acids is 2. The highest BCUT2D eigenvalue weighted by atomic mass is 16.5. The zero-order chi connectivity index (χ0) is 16.0. The first-order chi connectivity index (χ1) is 9.90. The molecule has 1 aromatic rings. The molecule has 3 amide bonds. The van der Waals surface area contributed by atoms with E-state index in [0.717, 1.165) is 5.56 Å². The molecule has 0 bridgehead atoms. The van der Waals surface area contributed by atoms with E-state index in [-0.39, 0.29) is 24.4 Å². The van der Waals surface area contributed by atoms with Crippen molar-refractivity contribution >= 4 is 17.6 Å². The summed E-state index contributed by atoms with van der Waals surface area (Å²) >= 11 is 0. The van der Waals surface area contributed by atoms with Gasteiger partial charge in [-0.15, -0.1) is 0 Å². The van der Waals surface area contributed by atoms with Crippen molar-refractivity contribution in [2.24, 2.45) is 0 Å². The predicted molar refractivity (Wildman–Crippen MR) is 82.7 cm³/mol. The Kier molecular flexibility index (Phi) is 6.02. The van der Waals surface area contributed by atoms with Crippen LogP contribution in [0, 0.1) is 6.92 Å². The van der Waals surface area contributed by atoms with Crippen LogP contribution in [0.15, 0.2) is 18.2 Å². The van der Waals surface area contributed by atoms with Gasteiger partial charge in [0.2, 0.25) is 5.91 Å². The number of hydrogen-bond acceptors (Lipinski definition) is 3. The minimum absolute atomic E-state index is 0.101. The fourth-order valence-corrected chi connectivity index (χ4v) is 1.87.